The number of benzene rings is 1. The van der Waals surface area contributed by atoms with Crippen LogP contribution in [0.15, 0.2) is 29.2 Å². The molecule has 1 aromatic heterocycles. The molecular weight excluding hydrogens is 207 g/mol. The molecule has 1 unspecified atom stereocenters. The Morgan fingerprint density at radius 3 is 2.81 bits per heavy atom. The summed E-state index contributed by atoms with van der Waals surface area (Å²) in [6, 6.07) is 4.26. The van der Waals surface area contributed by atoms with Crippen LogP contribution in [0.2, 0.25) is 0 Å². The van der Waals surface area contributed by atoms with Crippen LogP contribution in [0.5, 0.6) is 0 Å². The minimum atomic E-state index is -0.331. The lowest BCUT2D eigenvalue weighted by Crippen LogP contribution is -2.16. The Bertz CT molecular complexity index is 577. The molecule has 0 saturated carbocycles. The fraction of sp³-hybridized carbons (Fsp3) is 0.250. The lowest BCUT2D eigenvalue weighted by atomic mass is 10.0. The van der Waals surface area contributed by atoms with Crippen LogP contribution in [-0.2, 0) is 0 Å². The summed E-state index contributed by atoms with van der Waals surface area (Å²) in [4.78, 5) is 14.2. The zero-order valence-corrected chi connectivity index (χ0v) is 9.17. The lowest BCUT2D eigenvalue weighted by molar-refractivity contribution is 0.627. The predicted octanol–water partition coefficient (Wildman–Crippen LogP) is 1.95. The van der Waals surface area contributed by atoms with E-state index >= 15 is 0 Å². The second-order valence-electron chi connectivity index (χ2n) is 3.77. The highest BCUT2D eigenvalue weighted by Gasteiger charge is 2.10. The first-order valence-corrected chi connectivity index (χ1v) is 5.11. The summed E-state index contributed by atoms with van der Waals surface area (Å²) < 4.78 is 13.2. The molecule has 0 fully saturated rings. The molecule has 0 bridgehead atoms. The first-order chi connectivity index (χ1) is 7.63. The number of aromatic nitrogens is 1. The minimum Gasteiger partial charge on any atom is -0.328 e. The average molecular weight is 220 g/mol. The van der Waals surface area contributed by atoms with E-state index in [1.54, 1.807) is 6.20 Å². The van der Waals surface area contributed by atoms with Crippen molar-refractivity contribution in [2.75, 3.05) is 7.05 Å². The predicted molar refractivity (Wildman–Crippen MR) is 62.0 cm³/mol. The van der Waals surface area contributed by atoms with Gasteiger partial charge in [-0.1, -0.05) is 0 Å². The van der Waals surface area contributed by atoms with E-state index < -0.39 is 0 Å². The number of halogens is 1. The molecule has 2 aromatic rings. The molecule has 0 radical (unpaired) electrons. The molecule has 4 heteroatoms. The Hall–Kier alpha value is -1.68. The number of H-pyrrole nitrogens is 1. The first-order valence-electron chi connectivity index (χ1n) is 5.11. The maximum Gasteiger partial charge on any atom is 0.255 e. The van der Waals surface area contributed by atoms with Gasteiger partial charge in [0.15, 0.2) is 0 Å². The molecule has 1 aromatic carbocycles. The molecule has 0 aliphatic rings. The SMILES string of the molecule is CNC(C)c1c[nH]c(=O)c2ccc(F)cc12. The third-order valence-electron chi connectivity index (χ3n) is 2.80. The van der Waals surface area contributed by atoms with Crippen molar-refractivity contribution < 1.29 is 4.39 Å². The molecule has 0 spiro atoms. The van der Waals surface area contributed by atoms with Gasteiger partial charge in [0.05, 0.1) is 0 Å². The van der Waals surface area contributed by atoms with E-state index in [1.807, 2.05) is 14.0 Å². The smallest absolute Gasteiger partial charge is 0.255 e. The van der Waals surface area contributed by atoms with E-state index in [0.29, 0.717) is 10.8 Å². The van der Waals surface area contributed by atoms with Crippen LogP contribution in [0, 0.1) is 5.82 Å². The van der Waals surface area contributed by atoms with Crippen molar-refractivity contribution in [3.63, 3.8) is 0 Å². The van der Waals surface area contributed by atoms with Crippen LogP contribution in [0.1, 0.15) is 18.5 Å². The van der Waals surface area contributed by atoms with E-state index in [1.165, 1.54) is 18.2 Å². The number of rotatable bonds is 2. The lowest BCUT2D eigenvalue weighted by Gasteiger charge is -2.13. The number of hydrogen-bond donors (Lipinski definition) is 2. The highest BCUT2D eigenvalue weighted by Crippen LogP contribution is 2.21. The van der Waals surface area contributed by atoms with E-state index in [-0.39, 0.29) is 17.4 Å². The van der Waals surface area contributed by atoms with Crippen LogP contribution in [0.3, 0.4) is 0 Å². The van der Waals surface area contributed by atoms with Crippen molar-refractivity contribution in [3.8, 4) is 0 Å². The van der Waals surface area contributed by atoms with Crippen molar-refractivity contribution in [2.45, 2.75) is 13.0 Å². The average Bonchev–Trinajstić information content (AvgIpc) is 2.28. The van der Waals surface area contributed by atoms with Gasteiger partial charge in [0.25, 0.3) is 5.56 Å². The number of fused-ring (bicyclic) bond motifs is 1. The fourth-order valence-corrected chi connectivity index (χ4v) is 1.77. The third kappa shape index (κ3) is 1.72. The van der Waals surface area contributed by atoms with Crippen LogP contribution >= 0.6 is 0 Å². The van der Waals surface area contributed by atoms with Crippen LogP contribution in [0.25, 0.3) is 10.8 Å². The molecule has 2 rings (SSSR count). The maximum atomic E-state index is 13.2. The number of hydrogen-bond acceptors (Lipinski definition) is 2. The molecule has 0 saturated heterocycles. The van der Waals surface area contributed by atoms with E-state index in [4.69, 9.17) is 0 Å². The highest BCUT2D eigenvalue weighted by atomic mass is 19.1. The molecule has 0 aliphatic carbocycles. The number of nitrogens with one attached hydrogen (secondary N) is 2. The van der Waals surface area contributed by atoms with Gasteiger partial charge >= 0.3 is 0 Å². The molecule has 1 heterocycles. The first kappa shape index (κ1) is 10.8. The molecule has 0 amide bonds. The summed E-state index contributed by atoms with van der Waals surface area (Å²) in [6.07, 6.45) is 1.63. The fourth-order valence-electron chi connectivity index (χ4n) is 1.77. The number of pyridine rings is 1. The van der Waals surface area contributed by atoms with Gasteiger partial charge in [-0.15, -0.1) is 0 Å². The van der Waals surface area contributed by atoms with E-state index in [2.05, 4.69) is 10.3 Å². The molecule has 3 nitrogen and oxygen atoms in total. The summed E-state index contributed by atoms with van der Waals surface area (Å²) in [5.74, 6) is -0.331. The monoisotopic (exact) mass is 220 g/mol. The Morgan fingerprint density at radius 2 is 2.12 bits per heavy atom. The molecule has 2 N–H and O–H groups in total. The Morgan fingerprint density at radius 1 is 1.38 bits per heavy atom. The topological polar surface area (TPSA) is 44.9 Å². The van der Waals surface area contributed by atoms with Gasteiger partial charge in [0.1, 0.15) is 5.82 Å². The summed E-state index contributed by atoms with van der Waals surface area (Å²) in [5, 5.41) is 4.24. The van der Waals surface area contributed by atoms with E-state index in [0.717, 1.165) is 5.56 Å². The number of aromatic amines is 1. The van der Waals surface area contributed by atoms with E-state index in [9.17, 15) is 9.18 Å². The van der Waals surface area contributed by atoms with Gasteiger partial charge in [-0.25, -0.2) is 4.39 Å². The zero-order valence-electron chi connectivity index (χ0n) is 9.17. The maximum absolute atomic E-state index is 13.2. The third-order valence-corrected chi connectivity index (χ3v) is 2.80. The van der Waals surface area contributed by atoms with Crippen molar-refractivity contribution in [2.24, 2.45) is 0 Å². The van der Waals surface area contributed by atoms with Gasteiger partial charge < -0.3 is 10.3 Å². The minimum absolute atomic E-state index is 0.0566. The van der Waals surface area contributed by atoms with Gasteiger partial charge in [0.2, 0.25) is 0 Å². The largest absolute Gasteiger partial charge is 0.328 e. The molecule has 16 heavy (non-hydrogen) atoms. The van der Waals surface area contributed by atoms with Crippen LogP contribution < -0.4 is 10.9 Å². The van der Waals surface area contributed by atoms with Gasteiger partial charge in [-0.3, -0.25) is 4.79 Å². The molecule has 1 atom stereocenters. The Kier molecular flexibility index (Phi) is 2.75. The zero-order chi connectivity index (χ0) is 11.7. The highest BCUT2D eigenvalue weighted by molar-refractivity contribution is 5.85. The second-order valence-corrected chi connectivity index (χ2v) is 3.77. The van der Waals surface area contributed by atoms with Gasteiger partial charge in [0, 0.05) is 17.6 Å². The Labute approximate surface area is 92.3 Å². The summed E-state index contributed by atoms with van der Waals surface area (Å²) in [5.41, 5.74) is 0.693. The summed E-state index contributed by atoms with van der Waals surface area (Å²) in [7, 11) is 1.82. The molecular formula is C12H13FN2O. The normalized spacial score (nSPS) is 12.9. The van der Waals surface area contributed by atoms with Crippen molar-refractivity contribution in [1.82, 2.24) is 10.3 Å². The van der Waals surface area contributed by atoms with Crippen molar-refractivity contribution in [1.29, 1.82) is 0 Å². The van der Waals surface area contributed by atoms with Gasteiger partial charge in [-0.05, 0) is 43.1 Å². The standard InChI is InChI=1S/C12H13FN2O/c1-7(14-2)11-6-15-12(16)9-4-3-8(13)5-10(9)11/h3-7,14H,1-2H3,(H,15,16). The quantitative estimate of drug-likeness (QED) is 0.812. The molecule has 84 valence electrons. The van der Waals surface area contributed by atoms with Gasteiger partial charge in [-0.2, -0.15) is 0 Å². The van der Waals surface area contributed by atoms with Crippen molar-refractivity contribution in [3.05, 3.63) is 46.1 Å². The summed E-state index contributed by atoms with van der Waals surface area (Å²) >= 11 is 0. The molecule has 0 aliphatic heterocycles. The van der Waals surface area contributed by atoms with Crippen LogP contribution in [-0.4, -0.2) is 12.0 Å². The van der Waals surface area contributed by atoms with Crippen molar-refractivity contribution >= 4 is 10.8 Å². The summed E-state index contributed by atoms with van der Waals surface area (Å²) in [6.45, 7) is 1.96. The Balaban J connectivity index is 2.80. The second kappa shape index (κ2) is 4.06. The van der Waals surface area contributed by atoms with Crippen LogP contribution in [0.4, 0.5) is 4.39 Å².